The Kier molecular flexibility index (Phi) is 8.39. The summed E-state index contributed by atoms with van der Waals surface area (Å²) >= 11 is 0. The highest BCUT2D eigenvalue weighted by molar-refractivity contribution is 5.84. The van der Waals surface area contributed by atoms with Gasteiger partial charge in [0.15, 0.2) is 0 Å². The van der Waals surface area contributed by atoms with E-state index in [-0.39, 0.29) is 31.6 Å². The number of benzene rings is 2. The molecule has 1 amide bonds. The maximum atomic E-state index is 13.0. The largest absolute Gasteiger partial charge is 0.480 e. The van der Waals surface area contributed by atoms with Crippen molar-refractivity contribution < 1.29 is 24.2 Å². The van der Waals surface area contributed by atoms with Crippen LogP contribution in [-0.4, -0.2) is 59.6 Å². The SMILES string of the molecule is CCOC(=O)C(CCc1ccccc1)NCC(=O)N(CC(=O)O)C1Cc2ccccc2C1. The number of carboxylic acid groups (broad SMARTS) is 1. The van der Waals surface area contributed by atoms with Crippen LogP contribution in [-0.2, 0) is 38.4 Å². The fourth-order valence-corrected chi connectivity index (χ4v) is 4.14. The van der Waals surface area contributed by atoms with Crippen LogP contribution in [0.4, 0.5) is 0 Å². The number of esters is 1. The molecule has 7 nitrogen and oxygen atoms in total. The molecule has 2 N–H and O–H groups in total. The first-order valence-corrected chi connectivity index (χ1v) is 11.0. The Labute approximate surface area is 188 Å². The second-order valence-corrected chi connectivity index (χ2v) is 7.96. The zero-order valence-electron chi connectivity index (χ0n) is 18.3. The zero-order valence-corrected chi connectivity index (χ0v) is 18.3. The summed E-state index contributed by atoms with van der Waals surface area (Å²) in [5.74, 6) is -1.80. The summed E-state index contributed by atoms with van der Waals surface area (Å²) in [7, 11) is 0. The molecule has 7 heteroatoms. The van der Waals surface area contributed by atoms with Crippen molar-refractivity contribution in [1.82, 2.24) is 10.2 Å². The molecule has 0 saturated heterocycles. The van der Waals surface area contributed by atoms with Crippen LogP contribution >= 0.6 is 0 Å². The fourth-order valence-electron chi connectivity index (χ4n) is 4.14. The molecule has 0 aromatic heterocycles. The van der Waals surface area contributed by atoms with Gasteiger partial charge in [0.1, 0.15) is 12.6 Å². The maximum Gasteiger partial charge on any atom is 0.323 e. The number of nitrogens with one attached hydrogen (secondary N) is 1. The van der Waals surface area contributed by atoms with Crippen LogP contribution in [0.25, 0.3) is 0 Å². The molecule has 0 spiro atoms. The van der Waals surface area contributed by atoms with Crippen LogP contribution in [0.3, 0.4) is 0 Å². The number of hydrogen-bond acceptors (Lipinski definition) is 5. The Balaban J connectivity index is 1.63. The third kappa shape index (κ3) is 6.40. The number of amides is 1. The second-order valence-electron chi connectivity index (χ2n) is 7.96. The van der Waals surface area contributed by atoms with Crippen LogP contribution in [0.1, 0.15) is 30.0 Å². The molecule has 0 radical (unpaired) electrons. The number of ether oxygens (including phenoxy) is 1. The van der Waals surface area contributed by atoms with Crippen LogP contribution in [0.2, 0.25) is 0 Å². The molecule has 0 fully saturated rings. The van der Waals surface area contributed by atoms with Gasteiger partial charge in [-0.05, 0) is 49.3 Å². The third-order valence-electron chi connectivity index (χ3n) is 5.73. The highest BCUT2D eigenvalue weighted by atomic mass is 16.5. The molecule has 1 aliphatic carbocycles. The monoisotopic (exact) mass is 438 g/mol. The van der Waals surface area contributed by atoms with Crippen LogP contribution in [0.15, 0.2) is 54.6 Å². The quantitative estimate of drug-likeness (QED) is 0.523. The van der Waals surface area contributed by atoms with Crippen molar-refractivity contribution in [1.29, 1.82) is 0 Å². The minimum atomic E-state index is -1.06. The molecule has 2 aromatic rings. The molecule has 0 heterocycles. The number of nitrogens with zero attached hydrogens (tertiary/aromatic N) is 1. The first-order valence-electron chi connectivity index (χ1n) is 11.0. The number of hydrogen-bond donors (Lipinski definition) is 2. The van der Waals surface area contributed by atoms with E-state index >= 15 is 0 Å². The van der Waals surface area contributed by atoms with E-state index in [1.807, 2.05) is 54.6 Å². The summed E-state index contributed by atoms with van der Waals surface area (Å²) in [6, 6.07) is 16.8. The van der Waals surface area contributed by atoms with Crippen molar-refractivity contribution >= 4 is 17.8 Å². The minimum Gasteiger partial charge on any atom is -0.480 e. The number of carbonyl (C=O) groups is 3. The molecule has 1 unspecified atom stereocenters. The van der Waals surface area contributed by atoms with Gasteiger partial charge in [-0.15, -0.1) is 0 Å². The molecule has 170 valence electrons. The number of carboxylic acids is 1. The minimum absolute atomic E-state index is 0.127. The van der Waals surface area contributed by atoms with Crippen molar-refractivity contribution in [3.8, 4) is 0 Å². The van der Waals surface area contributed by atoms with Crippen LogP contribution in [0, 0.1) is 0 Å². The third-order valence-corrected chi connectivity index (χ3v) is 5.73. The molecule has 32 heavy (non-hydrogen) atoms. The summed E-state index contributed by atoms with van der Waals surface area (Å²) in [6.45, 7) is 1.50. The first kappa shape index (κ1) is 23.5. The number of aliphatic carboxylic acids is 1. The van der Waals surface area contributed by atoms with Crippen LogP contribution in [0.5, 0.6) is 0 Å². The Morgan fingerprint density at radius 3 is 2.28 bits per heavy atom. The molecule has 2 aromatic carbocycles. The normalized spacial score (nSPS) is 13.9. The molecular formula is C25H30N2O5. The zero-order chi connectivity index (χ0) is 22.9. The lowest BCUT2D eigenvalue weighted by molar-refractivity contribution is -0.148. The number of aryl methyl sites for hydroxylation is 1. The highest BCUT2D eigenvalue weighted by Crippen LogP contribution is 2.25. The van der Waals surface area contributed by atoms with Gasteiger partial charge in [0, 0.05) is 6.04 Å². The lowest BCUT2D eigenvalue weighted by atomic mass is 10.1. The number of carbonyl (C=O) groups excluding carboxylic acids is 2. The molecule has 0 saturated carbocycles. The average Bonchev–Trinajstić information content (AvgIpc) is 3.22. The van der Waals surface area contributed by atoms with Gasteiger partial charge < -0.3 is 14.7 Å². The molecular weight excluding hydrogens is 408 g/mol. The topological polar surface area (TPSA) is 95.9 Å². The average molecular weight is 439 g/mol. The molecule has 0 bridgehead atoms. The van der Waals surface area contributed by atoms with E-state index in [0.717, 1.165) is 16.7 Å². The van der Waals surface area contributed by atoms with Crippen molar-refractivity contribution in [3.63, 3.8) is 0 Å². The van der Waals surface area contributed by atoms with E-state index in [0.29, 0.717) is 25.7 Å². The van der Waals surface area contributed by atoms with Crippen LogP contribution < -0.4 is 5.32 Å². The lowest BCUT2D eigenvalue weighted by Gasteiger charge is -2.28. The number of fused-ring (bicyclic) bond motifs is 1. The van der Waals surface area contributed by atoms with Crippen molar-refractivity contribution in [2.75, 3.05) is 19.7 Å². The van der Waals surface area contributed by atoms with E-state index < -0.39 is 18.0 Å². The van der Waals surface area contributed by atoms with Gasteiger partial charge in [0.05, 0.1) is 13.2 Å². The van der Waals surface area contributed by atoms with Gasteiger partial charge >= 0.3 is 11.9 Å². The molecule has 0 aliphatic heterocycles. The smallest absolute Gasteiger partial charge is 0.323 e. The summed E-state index contributed by atoms with van der Waals surface area (Å²) in [5, 5.41) is 12.4. The summed E-state index contributed by atoms with van der Waals surface area (Å²) in [4.78, 5) is 38.3. The Bertz CT molecular complexity index is 906. The van der Waals surface area contributed by atoms with Gasteiger partial charge in [-0.25, -0.2) is 0 Å². The Morgan fingerprint density at radius 2 is 1.69 bits per heavy atom. The highest BCUT2D eigenvalue weighted by Gasteiger charge is 2.31. The summed E-state index contributed by atoms with van der Waals surface area (Å²) in [6.07, 6.45) is 2.39. The van der Waals surface area contributed by atoms with Crippen molar-refractivity contribution in [3.05, 3.63) is 71.3 Å². The van der Waals surface area contributed by atoms with E-state index in [1.165, 1.54) is 4.90 Å². The van der Waals surface area contributed by atoms with Gasteiger partial charge in [-0.1, -0.05) is 54.6 Å². The molecule has 3 rings (SSSR count). The van der Waals surface area contributed by atoms with Gasteiger partial charge in [-0.2, -0.15) is 0 Å². The molecule has 1 aliphatic rings. The van der Waals surface area contributed by atoms with E-state index in [1.54, 1.807) is 6.92 Å². The van der Waals surface area contributed by atoms with Gasteiger partial charge in [0.25, 0.3) is 0 Å². The second kappa shape index (κ2) is 11.4. The van der Waals surface area contributed by atoms with Crippen molar-refractivity contribution in [2.45, 2.75) is 44.7 Å². The Hall–Kier alpha value is -3.19. The maximum absolute atomic E-state index is 13.0. The lowest BCUT2D eigenvalue weighted by Crippen LogP contribution is -2.50. The Morgan fingerprint density at radius 1 is 1.06 bits per heavy atom. The molecule has 1 atom stereocenters. The van der Waals surface area contributed by atoms with Gasteiger partial charge in [-0.3, -0.25) is 19.7 Å². The van der Waals surface area contributed by atoms with E-state index in [9.17, 15) is 19.5 Å². The van der Waals surface area contributed by atoms with Gasteiger partial charge in [0.2, 0.25) is 5.91 Å². The predicted octanol–water partition coefficient (Wildman–Crippen LogP) is 2.22. The summed E-state index contributed by atoms with van der Waals surface area (Å²) < 4.78 is 5.17. The van der Waals surface area contributed by atoms with E-state index in [4.69, 9.17) is 4.74 Å². The van der Waals surface area contributed by atoms with Crippen molar-refractivity contribution in [2.24, 2.45) is 0 Å². The first-order chi connectivity index (χ1) is 15.5. The van der Waals surface area contributed by atoms with E-state index in [2.05, 4.69) is 5.32 Å². The summed E-state index contributed by atoms with van der Waals surface area (Å²) in [5.41, 5.74) is 3.37. The fraction of sp³-hybridized carbons (Fsp3) is 0.400. The standard InChI is InChI=1S/C25H30N2O5/c1-2-32-25(31)22(13-12-18-8-4-3-5-9-18)26-16-23(28)27(17-24(29)30)21-14-19-10-6-7-11-20(19)15-21/h3-11,21-22,26H,2,12-17H2,1H3,(H,29,30). The predicted molar refractivity (Wildman–Crippen MR) is 120 cm³/mol. The number of rotatable bonds is 11.